The molecule has 2 unspecified atom stereocenters. The molecule has 2 rings (SSSR count). The SMILES string of the molecule is C/C=C\CC(CCC)[C@H]1CCC2C(=O)CCC[C@@]21C. The number of hydrogen-bond donors (Lipinski definition) is 0. The number of rotatable bonds is 5. The summed E-state index contributed by atoms with van der Waals surface area (Å²) < 4.78 is 0. The van der Waals surface area contributed by atoms with Gasteiger partial charge in [-0.3, -0.25) is 4.79 Å². The summed E-state index contributed by atoms with van der Waals surface area (Å²) in [6, 6.07) is 0. The van der Waals surface area contributed by atoms with Gasteiger partial charge in [0, 0.05) is 12.3 Å². The van der Waals surface area contributed by atoms with E-state index in [4.69, 9.17) is 0 Å². The van der Waals surface area contributed by atoms with E-state index in [0.29, 0.717) is 17.1 Å². The smallest absolute Gasteiger partial charge is 0.136 e. The molecule has 2 saturated carbocycles. The fourth-order valence-corrected chi connectivity index (χ4v) is 4.91. The van der Waals surface area contributed by atoms with Crippen molar-refractivity contribution in [2.24, 2.45) is 23.2 Å². The molecule has 0 aliphatic heterocycles. The summed E-state index contributed by atoms with van der Waals surface area (Å²) in [6.07, 6.45) is 14.0. The molecule has 1 nitrogen and oxygen atoms in total. The molecule has 4 atom stereocenters. The van der Waals surface area contributed by atoms with E-state index in [0.717, 1.165) is 31.1 Å². The van der Waals surface area contributed by atoms with Gasteiger partial charge in [-0.05, 0) is 56.3 Å². The standard InChI is InChI=1S/C18H30O/c1-4-6-9-14(8-5-2)15-11-12-16-17(19)10-7-13-18(15,16)3/h4,6,14-16H,5,7-13H2,1-3H3/b6-4-/t14?,15-,16?,18-/m1/s1. The minimum atomic E-state index is 0.316. The molecule has 19 heavy (non-hydrogen) atoms. The van der Waals surface area contributed by atoms with E-state index in [2.05, 4.69) is 32.9 Å². The average Bonchev–Trinajstić information content (AvgIpc) is 2.73. The molecule has 2 fully saturated rings. The Kier molecular flexibility index (Phi) is 4.86. The van der Waals surface area contributed by atoms with Crippen molar-refractivity contribution in [2.45, 2.75) is 72.1 Å². The summed E-state index contributed by atoms with van der Waals surface area (Å²) in [5, 5.41) is 0. The Morgan fingerprint density at radius 1 is 1.42 bits per heavy atom. The summed E-state index contributed by atoms with van der Waals surface area (Å²) in [6.45, 7) is 6.83. The van der Waals surface area contributed by atoms with Crippen molar-refractivity contribution in [3.63, 3.8) is 0 Å². The normalized spacial score (nSPS) is 36.7. The molecule has 108 valence electrons. The second-order valence-electron chi connectivity index (χ2n) is 6.92. The first kappa shape index (κ1) is 14.8. The first-order valence-electron chi connectivity index (χ1n) is 8.27. The van der Waals surface area contributed by atoms with E-state index >= 15 is 0 Å². The van der Waals surface area contributed by atoms with Gasteiger partial charge in [-0.25, -0.2) is 0 Å². The summed E-state index contributed by atoms with van der Waals surface area (Å²) in [7, 11) is 0. The van der Waals surface area contributed by atoms with Crippen molar-refractivity contribution in [1.29, 1.82) is 0 Å². The van der Waals surface area contributed by atoms with Gasteiger partial charge in [0.2, 0.25) is 0 Å². The highest BCUT2D eigenvalue weighted by Gasteiger charge is 2.52. The van der Waals surface area contributed by atoms with Crippen molar-refractivity contribution in [1.82, 2.24) is 0 Å². The van der Waals surface area contributed by atoms with Gasteiger partial charge in [0.1, 0.15) is 5.78 Å². The van der Waals surface area contributed by atoms with Crippen LogP contribution in [0.1, 0.15) is 72.1 Å². The van der Waals surface area contributed by atoms with Gasteiger partial charge < -0.3 is 0 Å². The van der Waals surface area contributed by atoms with Crippen LogP contribution in [0.2, 0.25) is 0 Å². The minimum Gasteiger partial charge on any atom is -0.299 e. The van der Waals surface area contributed by atoms with Crippen molar-refractivity contribution in [3.05, 3.63) is 12.2 Å². The fraction of sp³-hybridized carbons (Fsp3) is 0.833. The number of fused-ring (bicyclic) bond motifs is 1. The molecule has 2 aliphatic carbocycles. The van der Waals surface area contributed by atoms with Crippen LogP contribution in [0.25, 0.3) is 0 Å². The quantitative estimate of drug-likeness (QED) is 0.626. The lowest BCUT2D eigenvalue weighted by Gasteiger charge is -2.43. The molecular formula is C18H30O. The molecule has 0 saturated heterocycles. The lowest BCUT2D eigenvalue weighted by Crippen LogP contribution is -2.39. The topological polar surface area (TPSA) is 17.1 Å². The molecule has 0 aromatic heterocycles. The molecule has 0 aromatic rings. The van der Waals surface area contributed by atoms with Crippen LogP contribution in [-0.2, 0) is 4.79 Å². The maximum absolute atomic E-state index is 12.2. The number of carbonyl (C=O) groups excluding carboxylic acids is 1. The van der Waals surface area contributed by atoms with Crippen LogP contribution in [0.5, 0.6) is 0 Å². The number of Topliss-reactive ketones (excluding diaryl/α,β-unsaturated/α-hetero) is 1. The molecule has 0 radical (unpaired) electrons. The monoisotopic (exact) mass is 262 g/mol. The Hall–Kier alpha value is -0.590. The average molecular weight is 262 g/mol. The van der Waals surface area contributed by atoms with Crippen molar-refractivity contribution >= 4 is 5.78 Å². The summed E-state index contributed by atoms with van der Waals surface area (Å²) in [4.78, 5) is 12.2. The molecule has 2 aliphatic rings. The fourth-order valence-electron chi connectivity index (χ4n) is 4.91. The van der Waals surface area contributed by atoms with E-state index < -0.39 is 0 Å². The lowest BCUT2D eigenvalue weighted by atomic mass is 9.61. The maximum Gasteiger partial charge on any atom is 0.136 e. The van der Waals surface area contributed by atoms with Crippen LogP contribution in [0, 0.1) is 23.2 Å². The number of ketones is 1. The van der Waals surface area contributed by atoms with Gasteiger partial charge in [0.25, 0.3) is 0 Å². The maximum atomic E-state index is 12.2. The Morgan fingerprint density at radius 2 is 2.21 bits per heavy atom. The van der Waals surface area contributed by atoms with Crippen molar-refractivity contribution < 1.29 is 4.79 Å². The van der Waals surface area contributed by atoms with Crippen LogP contribution in [0.3, 0.4) is 0 Å². The van der Waals surface area contributed by atoms with Gasteiger partial charge in [0.05, 0.1) is 0 Å². The van der Waals surface area contributed by atoms with Crippen LogP contribution in [-0.4, -0.2) is 5.78 Å². The summed E-state index contributed by atoms with van der Waals surface area (Å²) in [5.41, 5.74) is 0.316. The molecule has 0 spiro atoms. The first-order chi connectivity index (χ1) is 9.13. The van der Waals surface area contributed by atoms with Crippen molar-refractivity contribution in [3.8, 4) is 0 Å². The highest BCUT2D eigenvalue weighted by molar-refractivity contribution is 5.83. The molecule has 0 aromatic carbocycles. The summed E-state index contributed by atoms with van der Waals surface area (Å²) in [5.74, 6) is 2.52. The lowest BCUT2D eigenvalue weighted by molar-refractivity contribution is -0.130. The highest BCUT2D eigenvalue weighted by Crippen LogP contribution is 2.57. The van der Waals surface area contributed by atoms with Crippen molar-refractivity contribution in [2.75, 3.05) is 0 Å². The van der Waals surface area contributed by atoms with Crippen LogP contribution < -0.4 is 0 Å². The minimum absolute atomic E-state index is 0.316. The van der Waals surface area contributed by atoms with Gasteiger partial charge in [0.15, 0.2) is 0 Å². The number of carbonyl (C=O) groups is 1. The van der Waals surface area contributed by atoms with E-state index in [1.165, 1.54) is 32.1 Å². The van der Waals surface area contributed by atoms with Crippen LogP contribution >= 0.6 is 0 Å². The third-order valence-corrected chi connectivity index (χ3v) is 5.84. The molecule has 0 amide bonds. The van der Waals surface area contributed by atoms with E-state index in [-0.39, 0.29) is 0 Å². The zero-order valence-electron chi connectivity index (χ0n) is 13.0. The first-order valence-corrected chi connectivity index (χ1v) is 8.27. The largest absolute Gasteiger partial charge is 0.299 e. The zero-order chi connectivity index (χ0) is 13.9. The van der Waals surface area contributed by atoms with E-state index in [1.807, 2.05) is 0 Å². The molecule has 0 N–H and O–H groups in total. The van der Waals surface area contributed by atoms with Gasteiger partial charge in [-0.2, -0.15) is 0 Å². The van der Waals surface area contributed by atoms with Crippen LogP contribution in [0.15, 0.2) is 12.2 Å². The molecule has 0 bridgehead atoms. The number of allylic oxidation sites excluding steroid dienone is 2. The Labute approximate surface area is 118 Å². The third kappa shape index (κ3) is 2.80. The van der Waals surface area contributed by atoms with Crippen LogP contribution in [0.4, 0.5) is 0 Å². The summed E-state index contributed by atoms with van der Waals surface area (Å²) >= 11 is 0. The Bertz CT molecular complexity index is 344. The Morgan fingerprint density at radius 3 is 2.89 bits per heavy atom. The van der Waals surface area contributed by atoms with Gasteiger partial charge >= 0.3 is 0 Å². The van der Waals surface area contributed by atoms with E-state index in [9.17, 15) is 4.79 Å². The third-order valence-electron chi connectivity index (χ3n) is 5.84. The highest BCUT2D eigenvalue weighted by atomic mass is 16.1. The Balaban J connectivity index is 2.15. The second-order valence-corrected chi connectivity index (χ2v) is 6.92. The predicted octanol–water partition coefficient (Wildman–Crippen LogP) is 5.15. The molecule has 1 heteroatoms. The molecule has 0 heterocycles. The second kappa shape index (κ2) is 6.24. The zero-order valence-corrected chi connectivity index (χ0v) is 13.0. The van der Waals surface area contributed by atoms with E-state index in [1.54, 1.807) is 0 Å². The number of hydrogen-bond acceptors (Lipinski definition) is 1. The molecular weight excluding hydrogens is 232 g/mol. The van der Waals surface area contributed by atoms with Gasteiger partial charge in [-0.1, -0.05) is 38.8 Å². The predicted molar refractivity (Wildman–Crippen MR) is 81.0 cm³/mol. The van der Waals surface area contributed by atoms with Gasteiger partial charge in [-0.15, -0.1) is 0 Å².